The number of pyridine rings is 1. The Balaban J connectivity index is 1.21. The Morgan fingerprint density at radius 1 is 0.653 bits per heavy atom. The number of hydrogen-bond donors (Lipinski definition) is 0. The van der Waals surface area contributed by atoms with Gasteiger partial charge in [0.2, 0.25) is 11.6 Å². The number of furan rings is 1. The lowest BCUT2D eigenvalue weighted by Gasteiger charge is -2.44. The van der Waals surface area contributed by atoms with Crippen molar-refractivity contribution < 1.29 is 4.42 Å². The Hall–Kier alpha value is -6.73. The summed E-state index contributed by atoms with van der Waals surface area (Å²) < 4.78 is 8.68. The highest BCUT2D eigenvalue weighted by molar-refractivity contribution is 6.23. The Labute approximate surface area is 280 Å². The van der Waals surface area contributed by atoms with E-state index in [1.807, 2.05) is 66.9 Å². The Morgan fingerprint density at radius 3 is 2.41 bits per heavy atom. The van der Waals surface area contributed by atoms with E-state index in [9.17, 15) is 0 Å². The van der Waals surface area contributed by atoms with Crippen LogP contribution in [-0.2, 0) is 0 Å². The summed E-state index contributed by atoms with van der Waals surface area (Å²) >= 11 is 0. The van der Waals surface area contributed by atoms with E-state index in [0.717, 1.165) is 66.7 Å². The van der Waals surface area contributed by atoms with Crippen molar-refractivity contribution in [2.45, 2.75) is 6.04 Å². The van der Waals surface area contributed by atoms with Crippen LogP contribution in [0.1, 0.15) is 5.56 Å². The molecule has 3 aromatic heterocycles. The molecule has 0 spiro atoms. The Kier molecular flexibility index (Phi) is 5.32. The average molecular weight is 630 g/mol. The third-order valence-corrected chi connectivity index (χ3v) is 9.83. The molecule has 8 aromatic rings. The highest BCUT2D eigenvalue weighted by Crippen LogP contribution is 2.51. The van der Waals surface area contributed by atoms with Crippen molar-refractivity contribution in [3.63, 3.8) is 0 Å². The molecule has 7 nitrogen and oxygen atoms in total. The SMILES string of the molecule is C1=CC2=[N+](c3nc(-c4ccccc4)nc(-c4cccc5c4oc4ccccc45)n3)c3ccccc3N3c4cccc5nccc(c45)C(=C1)C23. The van der Waals surface area contributed by atoms with Crippen LogP contribution < -0.4 is 9.48 Å². The minimum atomic E-state index is -0.0976. The van der Waals surface area contributed by atoms with Gasteiger partial charge in [0.05, 0.1) is 22.5 Å². The fourth-order valence-corrected chi connectivity index (χ4v) is 7.78. The van der Waals surface area contributed by atoms with Gasteiger partial charge in [-0.05, 0) is 81.8 Å². The van der Waals surface area contributed by atoms with E-state index in [2.05, 4.69) is 88.4 Å². The van der Waals surface area contributed by atoms with E-state index in [0.29, 0.717) is 17.6 Å². The van der Waals surface area contributed by atoms with E-state index in [-0.39, 0.29) is 6.04 Å². The van der Waals surface area contributed by atoms with Gasteiger partial charge in [-0.25, -0.2) is 0 Å². The van der Waals surface area contributed by atoms with Crippen LogP contribution in [0.2, 0.25) is 0 Å². The van der Waals surface area contributed by atoms with E-state index in [1.165, 1.54) is 11.1 Å². The van der Waals surface area contributed by atoms with Crippen LogP contribution in [0.5, 0.6) is 0 Å². The smallest absolute Gasteiger partial charge is 0.442 e. The first-order valence-electron chi connectivity index (χ1n) is 16.4. The summed E-state index contributed by atoms with van der Waals surface area (Å²) in [4.78, 5) is 22.8. The average Bonchev–Trinajstić information content (AvgIpc) is 3.55. The minimum absolute atomic E-state index is 0.0976. The van der Waals surface area contributed by atoms with Crippen LogP contribution in [0, 0.1) is 0 Å². The highest BCUT2D eigenvalue weighted by atomic mass is 16.3. The quantitative estimate of drug-likeness (QED) is 0.181. The first-order chi connectivity index (χ1) is 24.3. The zero-order chi connectivity index (χ0) is 32.1. The van der Waals surface area contributed by atoms with Gasteiger partial charge in [0.25, 0.3) is 0 Å². The molecule has 0 saturated carbocycles. The van der Waals surface area contributed by atoms with Gasteiger partial charge in [0.1, 0.15) is 28.6 Å². The number of rotatable bonds is 3. The molecule has 5 heterocycles. The van der Waals surface area contributed by atoms with Gasteiger partial charge in [-0.2, -0.15) is 9.56 Å². The molecule has 7 heteroatoms. The molecule has 49 heavy (non-hydrogen) atoms. The molecular weight excluding hydrogens is 605 g/mol. The molecule has 228 valence electrons. The highest BCUT2D eigenvalue weighted by Gasteiger charge is 2.44. The maximum atomic E-state index is 6.47. The number of benzene rings is 5. The number of allylic oxidation sites excluding steroid dienone is 2. The van der Waals surface area contributed by atoms with Gasteiger partial charge < -0.3 is 9.32 Å². The molecule has 1 atom stereocenters. The van der Waals surface area contributed by atoms with E-state index >= 15 is 0 Å². The second-order valence-corrected chi connectivity index (χ2v) is 12.5. The van der Waals surface area contributed by atoms with Gasteiger partial charge in [-0.15, -0.1) is 0 Å². The van der Waals surface area contributed by atoms with Crippen LogP contribution in [0.15, 0.2) is 150 Å². The monoisotopic (exact) mass is 629 g/mol. The summed E-state index contributed by atoms with van der Waals surface area (Å²) in [5, 5.41) is 3.25. The van der Waals surface area contributed by atoms with Crippen LogP contribution in [0.4, 0.5) is 23.0 Å². The Morgan fingerprint density at radius 2 is 1.45 bits per heavy atom. The van der Waals surface area contributed by atoms with E-state index in [1.54, 1.807) is 0 Å². The number of hydrogen-bond acceptors (Lipinski definition) is 6. The standard InChI is InChI=1S/C42H25N6O/c1-2-11-25(12-3-1)40-44-41(30-16-8-15-29-26-13-4-7-22-36(26)49-39(29)30)46-42(45-40)48-33-19-6-5-18-32(33)47-34-20-10-17-31-37(34)27(23-24-43-31)28-14-9-21-35(48)38(28)47/h1-24,38H/q+1. The van der Waals surface area contributed by atoms with Crippen LogP contribution in [-0.4, -0.2) is 31.7 Å². The maximum Gasteiger partial charge on any atom is 0.442 e. The Bertz CT molecular complexity index is 2790. The number of para-hydroxylation sites is 4. The summed E-state index contributed by atoms with van der Waals surface area (Å²) in [5.41, 5.74) is 11.0. The molecule has 3 aliphatic rings. The van der Waals surface area contributed by atoms with Crippen molar-refractivity contribution >= 4 is 67.1 Å². The molecule has 0 radical (unpaired) electrons. The summed E-state index contributed by atoms with van der Waals surface area (Å²) in [6.07, 6.45) is 8.47. The second kappa shape index (κ2) is 9.89. The van der Waals surface area contributed by atoms with E-state index in [4.69, 9.17) is 24.4 Å². The fraction of sp³-hybridized carbons (Fsp3) is 0.0238. The molecule has 0 bridgehead atoms. The molecule has 2 aliphatic heterocycles. The van der Waals surface area contributed by atoms with Gasteiger partial charge in [0.15, 0.2) is 0 Å². The second-order valence-electron chi connectivity index (χ2n) is 12.5. The molecule has 0 saturated heterocycles. The van der Waals surface area contributed by atoms with Crippen molar-refractivity contribution in [1.82, 2.24) is 24.5 Å². The molecular formula is C42H25N6O+. The lowest BCUT2D eigenvalue weighted by molar-refractivity contribution is 0.669. The van der Waals surface area contributed by atoms with Crippen LogP contribution in [0.3, 0.4) is 0 Å². The number of fused-ring (bicyclic) bond motifs is 7. The van der Waals surface area contributed by atoms with Crippen molar-refractivity contribution in [1.29, 1.82) is 0 Å². The molecule has 0 N–H and O–H groups in total. The summed E-state index contributed by atoms with van der Waals surface area (Å²) in [7, 11) is 0. The molecule has 0 fully saturated rings. The number of nitrogens with zero attached hydrogens (tertiary/aromatic N) is 6. The lowest BCUT2D eigenvalue weighted by Crippen LogP contribution is -2.48. The third kappa shape index (κ3) is 3.69. The molecule has 1 unspecified atom stereocenters. The first kappa shape index (κ1) is 26.4. The third-order valence-electron chi connectivity index (χ3n) is 9.83. The summed E-state index contributed by atoms with van der Waals surface area (Å²) in [6, 6.07) is 41.3. The topological polar surface area (TPSA) is 71.0 Å². The van der Waals surface area contributed by atoms with Crippen molar-refractivity contribution in [3.8, 4) is 22.8 Å². The van der Waals surface area contributed by atoms with Crippen molar-refractivity contribution in [2.75, 3.05) is 4.90 Å². The predicted octanol–water partition coefficient (Wildman–Crippen LogP) is 9.42. The number of anilines is 2. The zero-order valence-electron chi connectivity index (χ0n) is 26.0. The summed E-state index contributed by atoms with van der Waals surface area (Å²) in [6.45, 7) is 0. The largest absolute Gasteiger partial charge is 0.455 e. The number of aromatic nitrogens is 4. The van der Waals surface area contributed by atoms with Crippen molar-refractivity contribution in [3.05, 3.63) is 151 Å². The molecule has 11 rings (SSSR count). The van der Waals surface area contributed by atoms with Crippen LogP contribution in [0.25, 0.3) is 61.2 Å². The predicted molar refractivity (Wildman–Crippen MR) is 196 cm³/mol. The maximum absolute atomic E-state index is 6.47. The first-order valence-corrected chi connectivity index (χ1v) is 16.4. The van der Waals surface area contributed by atoms with Crippen molar-refractivity contribution in [2.24, 2.45) is 0 Å². The lowest BCUT2D eigenvalue weighted by atomic mass is 9.82. The van der Waals surface area contributed by atoms with Gasteiger partial charge >= 0.3 is 5.95 Å². The normalized spacial score (nSPS) is 15.9. The fourth-order valence-electron chi connectivity index (χ4n) is 7.78. The molecule has 1 aliphatic carbocycles. The van der Waals surface area contributed by atoms with Gasteiger partial charge in [0, 0.05) is 27.9 Å². The summed E-state index contributed by atoms with van der Waals surface area (Å²) in [5.74, 6) is 1.69. The minimum Gasteiger partial charge on any atom is -0.455 e. The van der Waals surface area contributed by atoms with Crippen LogP contribution >= 0.6 is 0 Å². The van der Waals surface area contributed by atoms with E-state index < -0.39 is 0 Å². The zero-order valence-corrected chi connectivity index (χ0v) is 26.0. The van der Waals surface area contributed by atoms with Gasteiger partial charge in [-0.3, -0.25) is 4.98 Å². The molecule has 5 aromatic carbocycles. The van der Waals surface area contributed by atoms with Gasteiger partial charge in [-0.1, -0.05) is 78.9 Å². The molecule has 0 amide bonds.